The Morgan fingerprint density at radius 3 is 3.04 bits per heavy atom. The van der Waals surface area contributed by atoms with Crippen LogP contribution in [0.3, 0.4) is 0 Å². The maximum absolute atomic E-state index is 9.07. The highest BCUT2D eigenvalue weighted by Crippen LogP contribution is 2.33. The van der Waals surface area contributed by atoms with E-state index in [4.69, 9.17) is 5.26 Å². The minimum Gasteiger partial charge on any atom is -0.378 e. The average molecular weight is 302 g/mol. The lowest BCUT2D eigenvalue weighted by Gasteiger charge is -2.27. The fourth-order valence-electron chi connectivity index (χ4n) is 3.46. The fraction of sp³-hybridized carbons (Fsp3) is 0.263. The van der Waals surface area contributed by atoms with Crippen molar-refractivity contribution >= 4 is 16.6 Å². The molecule has 4 nitrogen and oxygen atoms in total. The molecule has 1 aromatic heterocycles. The molecule has 0 spiro atoms. The van der Waals surface area contributed by atoms with Crippen LogP contribution in [0.15, 0.2) is 36.4 Å². The standard InChI is InChI=1S/C19H18N4/c1-12-17-10-15(6-8-19(17)23-22-12)21-18-4-2-3-14-9-13(11-20)5-7-16(14)18/h5-10,18,21H,2-4H2,1H3,(H,22,23)/t18-/m0/s1. The summed E-state index contributed by atoms with van der Waals surface area (Å²) in [5.41, 5.74) is 6.57. The highest BCUT2D eigenvalue weighted by molar-refractivity contribution is 5.84. The zero-order valence-electron chi connectivity index (χ0n) is 13.1. The molecule has 1 aliphatic carbocycles. The molecule has 0 radical (unpaired) electrons. The van der Waals surface area contributed by atoms with E-state index in [2.05, 4.69) is 39.8 Å². The number of nitrogens with one attached hydrogen (secondary N) is 2. The quantitative estimate of drug-likeness (QED) is 0.744. The molecule has 0 saturated carbocycles. The van der Waals surface area contributed by atoms with Crippen molar-refractivity contribution in [3.8, 4) is 6.07 Å². The van der Waals surface area contributed by atoms with Crippen molar-refractivity contribution in [2.75, 3.05) is 5.32 Å². The number of anilines is 1. The number of benzene rings is 2. The third kappa shape index (κ3) is 2.44. The zero-order valence-corrected chi connectivity index (χ0v) is 13.1. The van der Waals surface area contributed by atoms with Gasteiger partial charge in [-0.05, 0) is 67.6 Å². The highest BCUT2D eigenvalue weighted by atomic mass is 15.1. The summed E-state index contributed by atoms with van der Waals surface area (Å²) in [6.07, 6.45) is 3.32. The van der Waals surface area contributed by atoms with Crippen LogP contribution in [0.1, 0.15) is 41.3 Å². The maximum Gasteiger partial charge on any atom is 0.0991 e. The van der Waals surface area contributed by atoms with Crippen LogP contribution < -0.4 is 5.32 Å². The van der Waals surface area contributed by atoms with Crippen LogP contribution in [-0.2, 0) is 6.42 Å². The van der Waals surface area contributed by atoms with Crippen molar-refractivity contribution in [3.05, 3.63) is 58.8 Å². The van der Waals surface area contributed by atoms with Crippen LogP contribution in [0.5, 0.6) is 0 Å². The molecule has 0 saturated heterocycles. The number of nitriles is 1. The Bertz CT molecular complexity index is 917. The van der Waals surface area contributed by atoms with Gasteiger partial charge in [0.2, 0.25) is 0 Å². The Hall–Kier alpha value is -2.80. The van der Waals surface area contributed by atoms with Gasteiger partial charge in [0.15, 0.2) is 0 Å². The van der Waals surface area contributed by atoms with E-state index in [1.807, 2.05) is 25.1 Å². The molecular weight excluding hydrogens is 284 g/mol. The summed E-state index contributed by atoms with van der Waals surface area (Å²) in [7, 11) is 0. The summed E-state index contributed by atoms with van der Waals surface area (Å²) in [5.74, 6) is 0. The topological polar surface area (TPSA) is 64.5 Å². The Balaban J connectivity index is 1.66. The van der Waals surface area contributed by atoms with E-state index in [1.54, 1.807) is 0 Å². The molecule has 3 aromatic rings. The molecule has 1 atom stereocenters. The molecule has 1 heterocycles. The van der Waals surface area contributed by atoms with Gasteiger partial charge in [0.25, 0.3) is 0 Å². The summed E-state index contributed by atoms with van der Waals surface area (Å²) in [6, 6.07) is 14.9. The highest BCUT2D eigenvalue weighted by Gasteiger charge is 2.20. The second-order valence-corrected chi connectivity index (χ2v) is 6.20. The number of hydrogen-bond donors (Lipinski definition) is 2. The van der Waals surface area contributed by atoms with E-state index in [0.29, 0.717) is 6.04 Å². The number of aryl methyl sites for hydroxylation is 2. The predicted octanol–water partition coefficient (Wildman–Crippen LogP) is 4.23. The SMILES string of the molecule is Cc1[nH]nc2ccc(N[C@H]3CCCc4cc(C#N)ccc43)cc12. The van der Waals surface area contributed by atoms with E-state index in [1.165, 1.54) is 11.1 Å². The number of hydrogen-bond acceptors (Lipinski definition) is 3. The van der Waals surface area contributed by atoms with Crippen molar-refractivity contribution in [1.29, 1.82) is 5.26 Å². The van der Waals surface area contributed by atoms with Gasteiger partial charge in [-0.1, -0.05) is 6.07 Å². The van der Waals surface area contributed by atoms with E-state index < -0.39 is 0 Å². The van der Waals surface area contributed by atoms with Crippen LogP contribution in [0.2, 0.25) is 0 Å². The fourth-order valence-corrected chi connectivity index (χ4v) is 3.46. The third-order valence-corrected chi connectivity index (χ3v) is 4.67. The van der Waals surface area contributed by atoms with Gasteiger partial charge in [0.05, 0.1) is 23.2 Å². The van der Waals surface area contributed by atoms with Gasteiger partial charge in [-0.3, -0.25) is 5.10 Å². The van der Waals surface area contributed by atoms with E-state index in [0.717, 1.165) is 47.1 Å². The van der Waals surface area contributed by atoms with Crippen molar-refractivity contribution < 1.29 is 0 Å². The van der Waals surface area contributed by atoms with Crippen LogP contribution in [0.25, 0.3) is 10.9 Å². The maximum atomic E-state index is 9.07. The number of nitrogens with zero attached hydrogens (tertiary/aromatic N) is 2. The summed E-state index contributed by atoms with van der Waals surface area (Å²) in [4.78, 5) is 0. The van der Waals surface area contributed by atoms with Crippen molar-refractivity contribution in [1.82, 2.24) is 10.2 Å². The van der Waals surface area contributed by atoms with Gasteiger partial charge in [0.1, 0.15) is 0 Å². The molecule has 0 fully saturated rings. The second kappa shape index (κ2) is 5.44. The van der Waals surface area contributed by atoms with E-state index in [9.17, 15) is 0 Å². The van der Waals surface area contributed by atoms with Crippen molar-refractivity contribution in [2.45, 2.75) is 32.2 Å². The lowest BCUT2D eigenvalue weighted by Crippen LogP contribution is -2.17. The predicted molar refractivity (Wildman–Crippen MR) is 91.3 cm³/mol. The number of fused-ring (bicyclic) bond motifs is 2. The first-order chi connectivity index (χ1) is 11.2. The Morgan fingerprint density at radius 2 is 2.17 bits per heavy atom. The Labute approximate surface area is 135 Å². The molecule has 1 aliphatic rings. The van der Waals surface area contributed by atoms with Gasteiger partial charge < -0.3 is 5.32 Å². The Morgan fingerprint density at radius 1 is 1.26 bits per heavy atom. The van der Waals surface area contributed by atoms with Crippen molar-refractivity contribution in [2.24, 2.45) is 0 Å². The monoisotopic (exact) mass is 302 g/mol. The molecule has 0 bridgehead atoms. The normalized spacial score (nSPS) is 16.8. The molecule has 0 unspecified atom stereocenters. The first-order valence-electron chi connectivity index (χ1n) is 7.99. The van der Waals surface area contributed by atoms with Crippen LogP contribution in [0.4, 0.5) is 5.69 Å². The first-order valence-corrected chi connectivity index (χ1v) is 7.99. The third-order valence-electron chi connectivity index (χ3n) is 4.67. The molecular formula is C19H18N4. The van der Waals surface area contributed by atoms with E-state index >= 15 is 0 Å². The van der Waals surface area contributed by atoms with Gasteiger partial charge in [-0.15, -0.1) is 0 Å². The molecule has 0 aliphatic heterocycles. The average Bonchev–Trinajstić information content (AvgIpc) is 2.95. The second-order valence-electron chi connectivity index (χ2n) is 6.20. The summed E-state index contributed by atoms with van der Waals surface area (Å²) in [5, 5.41) is 21.2. The smallest absolute Gasteiger partial charge is 0.0991 e. The number of aromatic nitrogens is 2. The van der Waals surface area contributed by atoms with Crippen molar-refractivity contribution in [3.63, 3.8) is 0 Å². The van der Waals surface area contributed by atoms with Gasteiger partial charge in [0, 0.05) is 16.8 Å². The molecule has 4 rings (SSSR count). The summed E-state index contributed by atoms with van der Waals surface area (Å²) < 4.78 is 0. The van der Waals surface area contributed by atoms with Gasteiger partial charge in [-0.25, -0.2) is 0 Å². The number of rotatable bonds is 2. The number of H-pyrrole nitrogens is 1. The minimum atomic E-state index is 0.302. The minimum absolute atomic E-state index is 0.302. The Kier molecular flexibility index (Phi) is 3.27. The molecule has 0 amide bonds. The zero-order chi connectivity index (χ0) is 15.8. The molecule has 23 heavy (non-hydrogen) atoms. The lowest BCUT2D eigenvalue weighted by atomic mass is 9.86. The summed E-state index contributed by atoms with van der Waals surface area (Å²) in [6.45, 7) is 2.04. The molecule has 114 valence electrons. The first kappa shape index (κ1) is 13.8. The van der Waals surface area contributed by atoms with Gasteiger partial charge in [-0.2, -0.15) is 10.4 Å². The van der Waals surface area contributed by atoms with E-state index in [-0.39, 0.29) is 0 Å². The van der Waals surface area contributed by atoms with Gasteiger partial charge >= 0.3 is 0 Å². The molecule has 2 N–H and O–H groups in total. The molecule has 2 aromatic carbocycles. The van der Waals surface area contributed by atoms with Crippen LogP contribution in [0, 0.1) is 18.3 Å². The largest absolute Gasteiger partial charge is 0.378 e. The lowest BCUT2D eigenvalue weighted by molar-refractivity contribution is 0.600. The number of aromatic amines is 1. The van der Waals surface area contributed by atoms with Crippen LogP contribution >= 0.6 is 0 Å². The molecule has 4 heteroatoms. The summed E-state index contributed by atoms with van der Waals surface area (Å²) >= 11 is 0. The van der Waals surface area contributed by atoms with Crippen LogP contribution in [-0.4, -0.2) is 10.2 Å².